The van der Waals surface area contributed by atoms with E-state index in [-0.39, 0.29) is 0 Å². The number of imidazole rings is 1. The van der Waals surface area contributed by atoms with Gasteiger partial charge in [0.2, 0.25) is 0 Å². The molecule has 3 heterocycles. The molecular formula is C28H30N6. The first-order valence-corrected chi connectivity index (χ1v) is 11.5. The molecule has 4 N–H and O–H groups in total. The highest BCUT2D eigenvalue weighted by molar-refractivity contribution is 5.88. The molecule has 0 aliphatic carbocycles. The Hall–Kier alpha value is -4.03. The van der Waals surface area contributed by atoms with Crippen molar-refractivity contribution in [1.82, 2.24) is 25.3 Å². The zero-order chi connectivity index (χ0) is 23.9. The second kappa shape index (κ2) is 10.7. The zero-order valence-corrected chi connectivity index (χ0v) is 19.7. The van der Waals surface area contributed by atoms with Crippen LogP contribution >= 0.6 is 0 Å². The SMILES string of the molecule is C=C/C(=C\C(=C/C)c1ccc(N)c(Cc2nc3c(-c4ccccn4)nccc3[nH]2)c1)CNCC. The summed E-state index contributed by atoms with van der Waals surface area (Å²) in [5.41, 5.74) is 14.8. The lowest BCUT2D eigenvalue weighted by Gasteiger charge is -2.10. The van der Waals surface area contributed by atoms with Crippen molar-refractivity contribution in [1.29, 1.82) is 0 Å². The Bertz CT molecular complexity index is 1350. The van der Waals surface area contributed by atoms with E-state index in [4.69, 9.17) is 10.7 Å². The maximum Gasteiger partial charge on any atom is 0.116 e. The molecule has 0 bridgehead atoms. The number of aromatic amines is 1. The normalized spacial score (nSPS) is 12.3. The van der Waals surface area contributed by atoms with Gasteiger partial charge in [-0.2, -0.15) is 0 Å². The average molecular weight is 451 g/mol. The molecule has 0 fully saturated rings. The molecule has 0 saturated heterocycles. The molecule has 0 saturated carbocycles. The predicted molar refractivity (Wildman–Crippen MR) is 141 cm³/mol. The number of aromatic nitrogens is 4. The molecule has 0 spiro atoms. The first-order valence-electron chi connectivity index (χ1n) is 11.5. The van der Waals surface area contributed by atoms with Crippen LogP contribution < -0.4 is 11.1 Å². The first kappa shape index (κ1) is 23.1. The number of pyridine rings is 2. The molecule has 0 radical (unpaired) electrons. The fraction of sp³-hybridized carbons (Fsp3) is 0.179. The van der Waals surface area contributed by atoms with Crippen molar-refractivity contribution in [2.75, 3.05) is 18.8 Å². The third kappa shape index (κ3) is 5.13. The fourth-order valence-electron chi connectivity index (χ4n) is 3.86. The van der Waals surface area contributed by atoms with Crippen molar-refractivity contribution < 1.29 is 0 Å². The van der Waals surface area contributed by atoms with Crippen LogP contribution in [0.5, 0.6) is 0 Å². The van der Waals surface area contributed by atoms with Crippen molar-refractivity contribution in [3.8, 4) is 11.4 Å². The van der Waals surface area contributed by atoms with E-state index in [2.05, 4.69) is 58.1 Å². The monoisotopic (exact) mass is 450 g/mol. The molecular weight excluding hydrogens is 420 g/mol. The molecule has 0 aliphatic heterocycles. The second-order valence-electron chi connectivity index (χ2n) is 7.99. The zero-order valence-electron chi connectivity index (χ0n) is 19.7. The van der Waals surface area contributed by atoms with Crippen LogP contribution in [0.15, 0.2) is 85.2 Å². The van der Waals surface area contributed by atoms with Gasteiger partial charge in [-0.25, -0.2) is 4.98 Å². The molecule has 34 heavy (non-hydrogen) atoms. The van der Waals surface area contributed by atoms with E-state index in [1.54, 1.807) is 12.4 Å². The van der Waals surface area contributed by atoms with Gasteiger partial charge in [-0.1, -0.05) is 43.9 Å². The second-order valence-corrected chi connectivity index (χ2v) is 7.99. The van der Waals surface area contributed by atoms with Gasteiger partial charge in [0.1, 0.15) is 17.0 Å². The summed E-state index contributed by atoms with van der Waals surface area (Å²) in [6.07, 6.45) is 10.3. The predicted octanol–water partition coefficient (Wildman–Crippen LogP) is 5.32. The quantitative estimate of drug-likeness (QED) is 0.237. The molecule has 4 rings (SSSR count). The molecule has 0 amide bonds. The van der Waals surface area contributed by atoms with E-state index in [0.717, 1.165) is 69.3 Å². The highest BCUT2D eigenvalue weighted by Crippen LogP contribution is 2.27. The van der Waals surface area contributed by atoms with Gasteiger partial charge >= 0.3 is 0 Å². The topological polar surface area (TPSA) is 92.5 Å². The van der Waals surface area contributed by atoms with Gasteiger partial charge in [0.25, 0.3) is 0 Å². The Morgan fingerprint density at radius 2 is 2.03 bits per heavy atom. The van der Waals surface area contributed by atoms with Crippen LogP contribution in [0.4, 0.5) is 5.69 Å². The Balaban J connectivity index is 1.65. The summed E-state index contributed by atoms with van der Waals surface area (Å²) in [7, 11) is 0. The molecule has 3 aromatic heterocycles. The fourth-order valence-corrected chi connectivity index (χ4v) is 3.86. The highest BCUT2D eigenvalue weighted by atomic mass is 14.9. The van der Waals surface area contributed by atoms with Crippen molar-refractivity contribution in [2.24, 2.45) is 0 Å². The van der Waals surface area contributed by atoms with E-state index >= 15 is 0 Å². The van der Waals surface area contributed by atoms with Crippen LogP contribution in [0, 0.1) is 0 Å². The molecule has 172 valence electrons. The van der Waals surface area contributed by atoms with Gasteiger partial charge in [-0.05, 0) is 66.1 Å². The smallest absolute Gasteiger partial charge is 0.116 e. The Kier molecular flexibility index (Phi) is 7.30. The Morgan fingerprint density at radius 1 is 1.15 bits per heavy atom. The number of hydrogen-bond donors (Lipinski definition) is 3. The molecule has 6 nitrogen and oxygen atoms in total. The molecule has 4 aromatic rings. The van der Waals surface area contributed by atoms with Gasteiger partial charge in [0, 0.05) is 31.0 Å². The minimum absolute atomic E-state index is 0.586. The van der Waals surface area contributed by atoms with Crippen molar-refractivity contribution in [3.05, 3.63) is 102 Å². The van der Waals surface area contributed by atoms with Crippen LogP contribution in [-0.4, -0.2) is 33.0 Å². The number of benzene rings is 1. The minimum Gasteiger partial charge on any atom is -0.398 e. The lowest BCUT2D eigenvalue weighted by molar-refractivity contribution is 0.785. The third-order valence-corrected chi connectivity index (χ3v) is 5.68. The van der Waals surface area contributed by atoms with Crippen molar-refractivity contribution in [3.63, 3.8) is 0 Å². The average Bonchev–Trinajstić information content (AvgIpc) is 3.29. The first-order chi connectivity index (χ1) is 16.6. The molecule has 1 aromatic carbocycles. The van der Waals surface area contributed by atoms with E-state index in [1.165, 1.54) is 0 Å². The summed E-state index contributed by atoms with van der Waals surface area (Å²) in [4.78, 5) is 17.2. The molecule has 0 unspecified atom stereocenters. The maximum absolute atomic E-state index is 6.36. The van der Waals surface area contributed by atoms with E-state index in [9.17, 15) is 0 Å². The number of likely N-dealkylation sites (N-methyl/N-ethyl adjacent to an activating group) is 1. The Morgan fingerprint density at radius 3 is 2.76 bits per heavy atom. The van der Waals surface area contributed by atoms with Crippen LogP contribution in [-0.2, 0) is 6.42 Å². The van der Waals surface area contributed by atoms with Crippen molar-refractivity contribution in [2.45, 2.75) is 20.3 Å². The van der Waals surface area contributed by atoms with Gasteiger partial charge in [0.05, 0.1) is 11.2 Å². The summed E-state index contributed by atoms with van der Waals surface area (Å²) in [6.45, 7) is 9.79. The largest absolute Gasteiger partial charge is 0.398 e. The third-order valence-electron chi connectivity index (χ3n) is 5.68. The van der Waals surface area contributed by atoms with Crippen LogP contribution in [0.1, 0.15) is 30.8 Å². The standard InChI is InChI=1S/C28H30N6/c1-4-19(18-30-6-3)15-20(5-2)21-10-11-23(29)22(16-21)17-26-33-25-12-14-32-27(28(25)34-26)24-9-7-8-13-31-24/h4-5,7-16,30H,1,6,17-18,29H2,2-3H3,(H,33,34)/b19-15+,20-5+. The molecule has 0 atom stereocenters. The number of fused-ring (bicyclic) bond motifs is 1. The van der Waals surface area contributed by atoms with E-state index in [0.29, 0.717) is 6.42 Å². The van der Waals surface area contributed by atoms with Crippen LogP contribution in [0.3, 0.4) is 0 Å². The van der Waals surface area contributed by atoms with Gasteiger partial charge in [0.15, 0.2) is 0 Å². The summed E-state index contributed by atoms with van der Waals surface area (Å²) >= 11 is 0. The van der Waals surface area contributed by atoms with Crippen LogP contribution in [0.2, 0.25) is 0 Å². The van der Waals surface area contributed by atoms with Crippen LogP contribution in [0.25, 0.3) is 28.0 Å². The number of anilines is 1. The maximum atomic E-state index is 6.36. The van der Waals surface area contributed by atoms with E-state index in [1.807, 2.05) is 43.3 Å². The lowest BCUT2D eigenvalue weighted by Crippen LogP contribution is -2.15. The highest BCUT2D eigenvalue weighted by Gasteiger charge is 2.13. The molecule has 6 heteroatoms. The molecule has 0 aliphatic rings. The number of allylic oxidation sites excluding steroid dienone is 3. The lowest BCUT2D eigenvalue weighted by atomic mass is 9.98. The number of nitrogen functional groups attached to an aromatic ring is 1. The number of nitrogens with one attached hydrogen (secondary N) is 2. The summed E-state index contributed by atoms with van der Waals surface area (Å²) in [5.74, 6) is 0.834. The summed E-state index contributed by atoms with van der Waals surface area (Å²) in [6, 6.07) is 13.9. The minimum atomic E-state index is 0.586. The van der Waals surface area contributed by atoms with Crippen molar-refractivity contribution >= 4 is 22.3 Å². The van der Waals surface area contributed by atoms with E-state index < -0.39 is 0 Å². The van der Waals surface area contributed by atoms with Gasteiger partial charge < -0.3 is 16.0 Å². The number of hydrogen-bond acceptors (Lipinski definition) is 5. The number of rotatable bonds is 9. The van der Waals surface area contributed by atoms with Gasteiger partial charge in [-0.15, -0.1) is 0 Å². The van der Waals surface area contributed by atoms with Gasteiger partial charge in [-0.3, -0.25) is 9.97 Å². The number of nitrogens with zero attached hydrogens (tertiary/aromatic N) is 3. The Labute approximate surface area is 200 Å². The number of nitrogens with two attached hydrogens (primary N) is 1. The summed E-state index contributed by atoms with van der Waals surface area (Å²) < 4.78 is 0. The number of H-pyrrole nitrogens is 1. The summed E-state index contributed by atoms with van der Waals surface area (Å²) in [5, 5.41) is 3.35.